The van der Waals surface area contributed by atoms with Crippen LogP contribution in [0.1, 0.15) is 40.1 Å². The number of amides is 1. The van der Waals surface area contributed by atoms with E-state index in [-0.39, 0.29) is 17.6 Å². The lowest BCUT2D eigenvalue weighted by molar-refractivity contribution is 0.0953. The van der Waals surface area contributed by atoms with Crippen molar-refractivity contribution in [1.29, 1.82) is 0 Å². The van der Waals surface area contributed by atoms with E-state index in [2.05, 4.69) is 20.2 Å². The third-order valence-electron chi connectivity index (χ3n) is 5.73. The zero-order valence-electron chi connectivity index (χ0n) is 20.5. The number of nitrogens with two attached hydrogens (primary N) is 1. The van der Waals surface area contributed by atoms with Crippen LogP contribution in [0.15, 0.2) is 60.4 Å². The predicted molar refractivity (Wildman–Crippen MR) is 139 cm³/mol. The number of ketones is 1. The van der Waals surface area contributed by atoms with Crippen LogP contribution in [0.5, 0.6) is 0 Å². The Hall–Kier alpha value is -4.11. The summed E-state index contributed by atoms with van der Waals surface area (Å²) in [7, 11) is 0. The van der Waals surface area contributed by atoms with Crippen LogP contribution in [0.25, 0.3) is 11.3 Å². The maximum Gasteiger partial charge on any atom is 0.251 e. The number of morpholine rings is 1. The van der Waals surface area contributed by atoms with Crippen molar-refractivity contribution in [2.75, 3.05) is 43.5 Å². The van der Waals surface area contributed by atoms with Crippen molar-refractivity contribution in [2.24, 2.45) is 0 Å². The van der Waals surface area contributed by atoms with E-state index < -0.39 is 0 Å². The molecule has 3 aromatic rings. The minimum Gasteiger partial charge on any atom is -0.378 e. The highest BCUT2D eigenvalue weighted by atomic mass is 16.5. The average molecular weight is 487 g/mol. The topological polar surface area (TPSA) is 123 Å². The molecule has 3 N–H and O–H groups in total. The molecule has 0 atom stereocenters. The largest absolute Gasteiger partial charge is 0.378 e. The van der Waals surface area contributed by atoms with Gasteiger partial charge in [0.2, 0.25) is 5.95 Å². The molecule has 1 fully saturated rings. The molecular weight excluding hydrogens is 456 g/mol. The van der Waals surface area contributed by atoms with Gasteiger partial charge in [-0.25, -0.2) is 15.0 Å². The zero-order chi connectivity index (χ0) is 25.5. The van der Waals surface area contributed by atoms with Crippen molar-refractivity contribution in [3.63, 3.8) is 0 Å². The first-order chi connectivity index (χ1) is 17.4. The molecule has 1 amide bonds. The Labute approximate surface area is 210 Å². The second kappa shape index (κ2) is 11.5. The number of hydrogen-bond acceptors (Lipinski definition) is 8. The predicted octanol–water partition coefficient (Wildman–Crippen LogP) is 3.08. The first-order valence-corrected chi connectivity index (χ1v) is 11.9. The van der Waals surface area contributed by atoms with E-state index in [1.807, 2.05) is 38.1 Å². The molecule has 3 heterocycles. The van der Waals surface area contributed by atoms with Crippen molar-refractivity contribution in [1.82, 2.24) is 20.3 Å². The van der Waals surface area contributed by atoms with Crippen molar-refractivity contribution in [2.45, 2.75) is 20.3 Å². The molecule has 0 radical (unpaired) electrons. The Morgan fingerprint density at radius 3 is 2.42 bits per heavy atom. The van der Waals surface area contributed by atoms with E-state index >= 15 is 0 Å². The summed E-state index contributed by atoms with van der Waals surface area (Å²) in [6, 6.07) is 11.0. The smallest absolute Gasteiger partial charge is 0.251 e. The van der Waals surface area contributed by atoms with Crippen molar-refractivity contribution in [3.05, 3.63) is 77.1 Å². The molecule has 1 aliphatic heterocycles. The summed E-state index contributed by atoms with van der Waals surface area (Å²) in [6.45, 7) is 6.86. The van der Waals surface area contributed by atoms with Gasteiger partial charge in [0.15, 0.2) is 5.78 Å². The number of rotatable bonds is 8. The van der Waals surface area contributed by atoms with Gasteiger partial charge in [0.25, 0.3) is 5.91 Å². The molecule has 1 aliphatic rings. The summed E-state index contributed by atoms with van der Waals surface area (Å²) in [5.41, 5.74) is 10.1. The van der Waals surface area contributed by atoms with Crippen LogP contribution in [0.4, 0.5) is 11.8 Å². The molecule has 2 aromatic heterocycles. The highest BCUT2D eigenvalue weighted by Crippen LogP contribution is 2.23. The monoisotopic (exact) mass is 486 g/mol. The summed E-state index contributed by atoms with van der Waals surface area (Å²) >= 11 is 0. The molecule has 1 saturated heterocycles. The van der Waals surface area contributed by atoms with E-state index in [0.717, 1.165) is 11.1 Å². The average Bonchev–Trinajstić information content (AvgIpc) is 2.89. The number of nitrogens with zero attached hydrogens (tertiary/aromatic N) is 4. The van der Waals surface area contributed by atoms with E-state index in [4.69, 9.17) is 15.5 Å². The second-order valence-corrected chi connectivity index (χ2v) is 8.82. The van der Waals surface area contributed by atoms with Gasteiger partial charge in [0.05, 0.1) is 18.9 Å². The van der Waals surface area contributed by atoms with Gasteiger partial charge in [0, 0.05) is 48.7 Å². The molecule has 0 aliphatic carbocycles. The second-order valence-electron chi connectivity index (χ2n) is 8.82. The summed E-state index contributed by atoms with van der Waals surface area (Å²) in [5, 5.41) is 2.99. The van der Waals surface area contributed by atoms with Crippen LogP contribution >= 0.6 is 0 Å². The first-order valence-electron chi connectivity index (χ1n) is 11.9. The zero-order valence-corrected chi connectivity index (χ0v) is 20.5. The number of allylic oxidation sites excluding steroid dienone is 2. The number of hydrogen-bond donors (Lipinski definition) is 2. The number of aromatic nitrogens is 3. The molecular formula is C27H30N6O3. The van der Waals surface area contributed by atoms with Crippen molar-refractivity contribution in [3.8, 4) is 11.3 Å². The van der Waals surface area contributed by atoms with Gasteiger partial charge >= 0.3 is 0 Å². The standard InChI is InChI=1S/C27H30N6O3/c1-18(2)13-24(34)20-5-3-19(4-6-20)7-8-29-26(35)21-14-23(22-16-30-27(28)31-17-22)32-25(15-21)33-9-11-36-12-10-33/h3-6,13-17H,7-12H2,1-2H3,(H,29,35)(H2,28,30,31). The maximum atomic E-state index is 13.1. The highest BCUT2D eigenvalue weighted by molar-refractivity contribution is 6.04. The fraction of sp³-hybridized carbons (Fsp3) is 0.296. The molecule has 1 aromatic carbocycles. The Bertz CT molecular complexity index is 1250. The number of ether oxygens (including phenoxy) is 1. The first kappa shape index (κ1) is 25.0. The van der Waals surface area contributed by atoms with Gasteiger partial charge in [-0.1, -0.05) is 29.8 Å². The molecule has 0 saturated carbocycles. The summed E-state index contributed by atoms with van der Waals surface area (Å²) < 4.78 is 5.46. The third-order valence-corrected chi connectivity index (χ3v) is 5.73. The van der Waals surface area contributed by atoms with Gasteiger partial charge in [-0.3, -0.25) is 9.59 Å². The lowest BCUT2D eigenvalue weighted by Gasteiger charge is -2.28. The van der Waals surface area contributed by atoms with Crippen LogP contribution in [-0.4, -0.2) is 59.5 Å². The fourth-order valence-electron chi connectivity index (χ4n) is 3.82. The van der Waals surface area contributed by atoms with Gasteiger partial charge in [-0.05, 0) is 44.0 Å². The Morgan fingerprint density at radius 2 is 1.75 bits per heavy atom. The third kappa shape index (κ3) is 6.51. The maximum absolute atomic E-state index is 13.1. The van der Waals surface area contributed by atoms with Crippen LogP contribution in [-0.2, 0) is 11.2 Å². The number of nitrogen functional groups attached to an aromatic ring is 1. The number of pyridine rings is 1. The molecule has 0 unspecified atom stereocenters. The lowest BCUT2D eigenvalue weighted by atomic mass is 10.0. The molecule has 186 valence electrons. The fourth-order valence-corrected chi connectivity index (χ4v) is 3.82. The van der Waals surface area contributed by atoms with Crippen LogP contribution in [0.2, 0.25) is 0 Å². The number of nitrogens with one attached hydrogen (secondary N) is 1. The Morgan fingerprint density at radius 1 is 1.06 bits per heavy atom. The molecule has 0 bridgehead atoms. The van der Waals surface area contributed by atoms with E-state index in [1.165, 1.54) is 0 Å². The number of carbonyl (C=O) groups is 2. The Kier molecular flexibility index (Phi) is 8.02. The minimum absolute atomic E-state index is 0.00841. The van der Waals surface area contributed by atoms with Crippen LogP contribution in [0.3, 0.4) is 0 Å². The molecule has 4 rings (SSSR count). The van der Waals surface area contributed by atoms with Gasteiger partial charge in [0.1, 0.15) is 5.82 Å². The van der Waals surface area contributed by atoms with E-state index in [9.17, 15) is 9.59 Å². The number of anilines is 2. The summed E-state index contributed by atoms with van der Waals surface area (Å²) in [4.78, 5) is 40.2. The van der Waals surface area contributed by atoms with Crippen LogP contribution in [0, 0.1) is 0 Å². The van der Waals surface area contributed by atoms with Crippen molar-refractivity contribution >= 4 is 23.5 Å². The SMILES string of the molecule is CC(C)=CC(=O)c1ccc(CCNC(=O)c2cc(-c3cnc(N)nc3)nc(N3CCOCC3)c2)cc1. The molecule has 36 heavy (non-hydrogen) atoms. The molecule has 9 nitrogen and oxygen atoms in total. The molecule has 9 heteroatoms. The summed E-state index contributed by atoms with van der Waals surface area (Å²) in [5.74, 6) is 0.676. The van der Waals surface area contributed by atoms with Gasteiger partial charge in [-0.2, -0.15) is 0 Å². The number of benzene rings is 1. The minimum atomic E-state index is -0.195. The lowest BCUT2D eigenvalue weighted by Crippen LogP contribution is -2.37. The van der Waals surface area contributed by atoms with Gasteiger partial charge in [-0.15, -0.1) is 0 Å². The molecule has 0 spiro atoms. The quantitative estimate of drug-likeness (QED) is 0.368. The Balaban J connectivity index is 1.46. The van der Waals surface area contributed by atoms with E-state index in [0.29, 0.717) is 67.5 Å². The van der Waals surface area contributed by atoms with Crippen LogP contribution < -0.4 is 16.0 Å². The summed E-state index contributed by atoms with van der Waals surface area (Å²) in [6.07, 6.45) is 5.46. The highest BCUT2D eigenvalue weighted by Gasteiger charge is 2.17. The van der Waals surface area contributed by atoms with Crippen molar-refractivity contribution < 1.29 is 14.3 Å². The number of carbonyl (C=O) groups excluding carboxylic acids is 2. The van der Waals surface area contributed by atoms with Gasteiger partial charge < -0.3 is 20.7 Å². The van der Waals surface area contributed by atoms with E-state index in [1.54, 1.807) is 30.6 Å². The normalized spacial score (nSPS) is 13.2.